The van der Waals surface area contributed by atoms with Crippen LogP contribution in [0.5, 0.6) is 0 Å². The summed E-state index contributed by atoms with van der Waals surface area (Å²) in [5.41, 5.74) is 7.28. The van der Waals surface area contributed by atoms with Gasteiger partial charge in [-0.25, -0.2) is 4.39 Å². The summed E-state index contributed by atoms with van der Waals surface area (Å²) in [5, 5.41) is 0.813. The van der Waals surface area contributed by atoms with Crippen molar-refractivity contribution >= 4 is 16.6 Å². The minimum atomic E-state index is -0.298. The Kier molecular flexibility index (Phi) is 3.15. The van der Waals surface area contributed by atoms with Gasteiger partial charge in [0.15, 0.2) is 0 Å². The number of nitrogens with zero attached hydrogens (tertiary/aromatic N) is 2. The van der Waals surface area contributed by atoms with Gasteiger partial charge in [-0.15, -0.1) is 0 Å². The highest BCUT2D eigenvalue weighted by Crippen LogP contribution is 2.21. The van der Waals surface area contributed by atoms with Crippen LogP contribution >= 0.6 is 0 Å². The van der Waals surface area contributed by atoms with Crippen molar-refractivity contribution in [2.45, 2.75) is 20.0 Å². The zero-order valence-electron chi connectivity index (χ0n) is 11.6. The first-order valence-corrected chi connectivity index (χ1v) is 6.66. The Labute approximate surface area is 121 Å². The lowest BCUT2D eigenvalue weighted by atomic mass is 10.2. The molecule has 0 saturated heterocycles. The van der Waals surface area contributed by atoms with E-state index in [1.165, 1.54) is 22.8 Å². The molecule has 2 N–H and O–H groups in total. The maximum atomic E-state index is 13.3. The molecule has 0 spiro atoms. The smallest absolute Gasteiger partial charge is 0.282 e. The molecule has 2 heterocycles. The normalized spacial score (nSPS) is 10.8. The number of fused-ring (bicyclic) bond motifs is 1. The van der Waals surface area contributed by atoms with E-state index in [9.17, 15) is 9.18 Å². The number of rotatable bonds is 3. The molecule has 3 rings (SSSR count). The van der Waals surface area contributed by atoms with E-state index >= 15 is 0 Å². The Morgan fingerprint density at radius 3 is 2.90 bits per heavy atom. The second kappa shape index (κ2) is 4.98. The highest BCUT2D eigenvalue weighted by molar-refractivity contribution is 5.81. The third kappa shape index (κ3) is 2.25. The van der Waals surface area contributed by atoms with Gasteiger partial charge in [0, 0.05) is 35.4 Å². The largest absolute Gasteiger partial charge is 0.394 e. The summed E-state index contributed by atoms with van der Waals surface area (Å²) in [5.74, 6) is -0.275. The van der Waals surface area contributed by atoms with Crippen LogP contribution in [0.15, 0.2) is 35.1 Å². The van der Waals surface area contributed by atoms with Gasteiger partial charge in [0.2, 0.25) is 0 Å². The van der Waals surface area contributed by atoms with E-state index in [0.29, 0.717) is 6.54 Å². The first-order chi connectivity index (χ1) is 10.1. The number of benzene rings is 1. The first kappa shape index (κ1) is 13.3. The summed E-state index contributed by atoms with van der Waals surface area (Å²) in [4.78, 5) is 12.0. The molecule has 0 fully saturated rings. The molecule has 0 radical (unpaired) electrons. The van der Waals surface area contributed by atoms with Gasteiger partial charge in [0.05, 0.1) is 6.54 Å². The van der Waals surface area contributed by atoms with Crippen molar-refractivity contribution in [1.29, 1.82) is 0 Å². The van der Waals surface area contributed by atoms with E-state index < -0.39 is 0 Å². The van der Waals surface area contributed by atoms with Gasteiger partial charge in [-0.1, -0.05) is 0 Å². The lowest BCUT2D eigenvalue weighted by molar-refractivity contribution is 0.629. The van der Waals surface area contributed by atoms with Gasteiger partial charge in [-0.2, -0.15) is 0 Å². The topological polar surface area (TPSA) is 52.9 Å². The fourth-order valence-electron chi connectivity index (χ4n) is 2.53. The number of anilines is 1. The highest BCUT2D eigenvalue weighted by atomic mass is 19.1. The Morgan fingerprint density at radius 2 is 2.14 bits per heavy atom. The zero-order chi connectivity index (χ0) is 15.0. The predicted octanol–water partition coefficient (Wildman–Crippen LogP) is 2.19. The SMILES string of the molecule is CCn1c(Cn2c#ccc(N)c2=O)cc2cc(F)ccc21. The standard InChI is InChI=1S/C16H14FN3O/c1-2-20-13(9-11-8-12(17)5-6-15(11)20)10-19-7-3-4-14(18)16(19)21/h4-6,8-9H,2,10,18H2,1H3. The maximum Gasteiger partial charge on any atom is 0.282 e. The summed E-state index contributed by atoms with van der Waals surface area (Å²) in [7, 11) is 0. The summed E-state index contributed by atoms with van der Waals surface area (Å²) < 4.78 is 16.8. The summed E-state index contributed by atoms with van der Waals surface area (Å²) in [6, 6.07) is 10.7. The lowest BCUT2D eigenvalue weighted by Gasteiger charge is -2.08. The van der Waals surface area contributed by atoms with E-state index in [2.05, 4.69) is 12.3 Å². The number of aryl methyl sites for hydroxylation is 1. The summed E-state index contributed by atoms with van der Waals surface area (Å²) >= 11 is 0. The first-order valence-electron chi connectivity index (χ1n) is 6.66. The molecule has 2 aromatic heterocycles. The minimum absolute atomic E-state index is 0.138. The van der Waals surface area contributed by atoms with E-state index in [1.54, 1.807) is 6.07 Å². The van der Waals surface area contributed by atoms with Crippen molar-refractivity contribution in [3.8, 4) is 0 Å². The Bertz CT molecular complexity index is 864. The summed E-state index contributed by atoms with van der Waals surface area (Å²) in [6.45, 7) is 3.06. The van der Waals surface area contributed by atoms with Crippen LogP contribution in [0.4, 0.5) is 10.1 Å². The number of nitrogen functional groups attached to an aromatic ring is 1. The fraction of sp³-hybridized carbons (Fsp3) is 0.188. The van der Waals surface area contributed by atoms with Crippen molar-refractivity contribution in [3.05, 3.63) is 64.5 Å². The molecular formula is C16H14FN3O. The van der Waals surface area contributed by atoms with Gasteiger partial charge in [0.1, 0.15) is 11.5 Å². The van der Waals surface area contributed by atoms with E-state index in [1.807, 2.05) is 17.6 Å². The van der Waals surface area contributed by atoms with E-state index in [-0.39, 0.29) is 17.1 Å². The van der Waals surface area contributed by atoms with Gasteiger partial charge in [-0.3, -0.25) is 9.36 Å². The second-order valence-electron chi connectivity index (χ2n) is 4.83. The quantitative estimate of drug-likeness (QED) is 0.801. The van der Waals surface area contributed by atoms with Crippen LogP contribution in [0.3, 0.4) is 0 Å². The Hall–Kier alpha value is -2.74. The van der Waals surface area contributed by atoms with Crippen LogP contribution in [-0.4, -0.2) is 9.13 Å². The number of halogens is 1. The summed E-state index contributed by atoms with van der Waals surface area (Å²) in [6.07, 6.45) is 2.74. The Morgan fingerprint density at radius 1 is 1.33 bits per heavy atom. The van der Waals surface area contributed by atoms with Crippen LogP contribution in [0.25, 0.3) is 10.9 Å². The zero-order valence-corrected chi connectivity index (χ0v) is 11.6. The monoisotopic (exact) mass is 283 g/mol. The molecule has 0 amide bonds. The Balaban J connectivity index is 2.12. The number of hydrogen-bond donors (Lipinski definition) is 1. The van der Waals surface area contributed by atoms with Crippen molar-refractivity contribution in [2.75, 3.05) is 5.73 Å². The molecular weight excluding hydrogens is 269 g/mol. The highest BCUT2D eigenvalue weighted by Gasteiger charge is 2.10. The molecule has 0 unspecified atom stereocenters. The molecule has 0 atom stereocenters. The molecule has 0 aliphatic carbocycles. The van der Waals surface area contributed by atoms with Crippen LogP contribution < -0.4 is 11.3 Å². The van der Waals surface area contributed by atoms with Crippen LogP contribution in [0, 0.1) is 18.1 Å². The van der Waals surface area contributed by atoms with E-state index in [4.69, 9.17) is 5.73 Å². The van der Waals surface area contributed by atoms with Crippen molar-refractivity contribution in [2.24, 2.45) is 0 Å². The molecule has 0 aliphatic heterocycles. The van der Waals surface area contributed by atoms with Crippen molar-refractivity contribution in [3.63, 3.8) is 0 Å². The fourth-order valence-corrected chi connectivity index (χ4v) is 2.53. The third-order valence-corrected chi connectivity index (χ3v) is 3.50. The average Bonchev–Trinajstić information content (AvgIpc) is 2.80. The second-order valence-corrected chi connectivity index (χ2v) is 4.83. The molecule has 3 aromatic rings. The lowest BCUT2D eigenvalue weighted by Crippen LogP contribution is -2.22. The molecule has 1 aromatic carbocycles. The molecule has 21 heavy (non-hydrogen) atoms. The van der Waals surface area contributed by atoms with Crippen LogP contribution in [0.1, 0.15) is 12.6 Å². The minimum Gasteiger partial charge on any atom is -0.394 e. The van der Waals surface area contributed by atoms with Crippen molar-refractivity contribution in [1.82, 2.24) is 9.13 Å². The van der Waals surface area contributed by atoms with E-state index in [0.717, 1.165) is 23.1 Å². The molecule has 0 saturated carbocycles. The van der Waals surface area contributed by atoms with Crippen LogP contribution in [-0.2, 0) is 13.1 Å². The maximum absolute atomic E-state index is 13.3. The van der Waals surface area contributed by atoms with Gasteiger partial charge < -0.3 is 10.3 Å². The predicted molar refractivity (Wildman–Crippen MR) is 79.5 cm³/mol. The number of nitrogens with two attached hydrogens (primary N) is 1. The number of hydrogen-bond acceptors (Lipinski definition) is 2. The van der Waals surface area contributed by atoms with Crippen LogP contribution in [0.2, 0.25) is 0 Å². The molecule has 106 valence electrons. The molecule has 5 heteroatoms. The van der Waals surface area contributed by atoms with Gasteiger partial charge in [-0.05, 0) is 37.3 Å². The third-order valence-electron chi connectivity index (χ3n) is 3.50. The molecule has 4 nitrogen and oxygen atoms in total. The van der Waals surface area contributed by atoms with Gasteiger partial charge >= 0.3 is 0 Å². The van der Waals surface area contributed by atoms with Crippen molar-refractivity contribution < 1.29 is 4.39 Å². The number of aromatic nitrogens is 2. The molecule has 0 aliphatic rings. The molecule has 0 bridgehead atoms. The average molecular weight is 283 g/mol. The van der Waals surface area contributed by atoms with Gasteiger partial charge in [0.25, 0.3) is 5.56 Å².